The van der Waals surface area contributed by atoms with Gasteiger partial charge in [0.15, 0.2) is 5.13 Å². The number of hydrogen-bond acceptors (Lipinski definition) is 7. The van der Waals surface area contributed by atoms with Crippen molar-refractivity contribution in [2.45, 2.75) is 25.8 Å². The van der Waals surface area contributed by atoms with Crippen LogP contribution in [0.4, 0.5) is 5.13 Å². The zero-order chi connectivity index (χ0) is 20.4. The minimum Gasteiger partial charge on any atom is -0.457 e. The van der Waals surface area contributed by atoms with Crippen LogP contribution in [-0.2, 0) is 10.0 Å². The quantitative estimate of drug-likeness (QED) is 0.559. The van der Waals surface area contributed by atoms with Gasteiger partial charge in [-0.15, -0.1) is 0 Å². The lowest BCUT2D eigenvalue weighted by Crippen LogP contribution is -2.45. The number of anilines is 1. The molecule has 154 valence electrons. The van der Waals surface area contributed by atoms with Crippen molar-refractivity contribution in [1.82, 2.24) is 14.3 Å². The maximum absolute atomic E-state index is 12.2. The van der Waals surface area contributed by atoms with Gasteiger partial charge in [-0.3, -0.25) is 0 Å². The van der Waals surface area contributed by atoms with E-state index in [9.17, 15) is 8.42 Å². The number of fused-ring (bicyclic) bond motifs is 1. The highest BCUT2D eigenvalue weighted by molar-refractivity contribution is 7.89. The highest BCUT2D eigenvalue weighted by Crippen LogP contribution is 2.32. The number of halogens is 1. The van der Waals surface area contributed by atoms with Crippen LogP contribution < -0.4 is 10.1 Å². The Labute approximate surface area is 178 Å². The zero-order valence-corrected chi connectivity index (χ0v) is 18.2. The molecule has 0 saturated carbocycles. The van der Waals surface area contributed by atoms with E-state index in [2.05, 4.69) is 15.3 Å². The van der Waals surface area contributed by atoms with Gasteiger partial charge in [-0.25, -0.2) is 18.4 Å². The Bertz CT molecular complexity index is 1120. The van der Waals surface area contributed by atoms with Crippen molar-refractivity contribution < 1.29 is 13.2 Å². The Morgan fingerprint density at radius 2 is 2.14 bits per heavy atom. The number of pyridine rings is 1. The lowest BCUT2D eigenvalue weighted by molar-refractivity contribution is 0.327. The first-order valence-electron chi connectivity index (χ1n) is 9.37. The van der Waals surface area contributed by atoms with Gasteiger partial charge in [-0.1, -0.05) is 22.9 Å². The second kappa shape index (κ2) is 8.43. The molecule has 1 aliphatic heterocycles. The molecule has 3 aromatic rings. The first-order chi connectivity index (χ1) is 13.9. The van der Waals surface area contributed by atoms with Crippen LogP contribution >= 0.6 is 22.9 Å². The lowest BCUT2D eigenvalue weighted by Gasteiger charge is -2.31. The number of thiazole rings is 1. The number of sulfonamides is 1. The molecule has 1 unspecified atom stereocenters. The fourth-order valence-corrected chi connectivity index (χ4v) is 5.60. The predicted molar refractivity (Wildman–Crippen MR) is 117 cm³/mol. The van der Waals surface area contributed by atoms with Crippen LogP contribution in [0.3, 0.4) is 0 Å². The molecule has 29 heavy (non-hydrogen) atoms. The summed E-state index contributed by atoms with van der Waals surface area (Å²) >= 11 is 7.43. The summed E-state index contributed by atoms with van der Waals surface area (Å²) in [5.41, 5.74) is 0.867. The fraction of sp³-hybridized carbons (Fsp3) is 0.368. The largest absolute Gasteiger partial charge is 0.457 e. The standard InChI is InChI=1S/C19H21ClN4O3S2/c1-2-29(25,26)24-9-3-4-13(12-24)22-19-23-16-6-5-14(10-17(16)28-19)27-15-7-8-21-18(20)11-15/h5-8,10-11,13H,2-4,9,12H2,1H3,(H,22,23). The van der Waals surface area contributed by atoms with Crippen molar-refractivity contribution in [2.24, 2.45) is 0 Å². The van der Waals surface area contributed by atoms with Crippen LogP contribution in [0.5, 0.6) is 11.5 Å². The third-order valence-electron chi connectivity index (χ3n) is 4.76. The van der Waals surface area contributed by atoms with Gasteiger partial charge >= 0.3 is 0 Å². The van der Waals surface area contributed by atoms with Gasteiger partial charge in [0.1, 0.15) is 16.7 Å². The van der Waals surface area contributed by atoms with Crippen molar-refractivity contribution >= 4 is 48.3 Å². The first-order valence-corrected chi connectivity index (χ1v) is 12.2. The number of hydrogen-bond donors (Lipinski definition) is 1. The third kappa shape index (κ3) is 4.80. The summed E-state index contributed by atoms with van der Waals surface area (Å²) in [5.74, 6) is 1.44. The molecule has 1 aliphatic rings. The normalized spacial score (nSPS) is 18.1. The van der Waals surface area contributed by atoms with Gasteiger partial charge in [0.2, 0.25) is 10.0 Å². The number of benzene rings is 1. The monoisotopic (exact) mass is 452 g/mol. The van der Waals surface area contributed by atoms with E-state index in [4.69, 9.17) is 16.3 Å². The Morgan fingerprint density at radius 1 is 1.31 bits per heavy atom. The minimum atomic E-state index is -3.16. The minimum absolute atomic E-state index is 0.0559. The fourth-order valence-electron chi connectivity index (χ4n) is 3.28. The van der Waals surface area contributed by atoms with Crippen molar-refractivity contribution in [3.8, 4) is 11.5 Å². The average Bonchev–Trinajstić information content (AvgIpc) is 3.09. The van der Waals surface area contributed by atoms with E-state index in [-0.39, 0.29) is 11.8 Å². The van der Waals surface area contributed by atoms with Crippen molar-refractivity contribution in [3.05, 3.63) is 41.7 Å². The molecule has 1 atom stereocenters. The summed E-state index contributed by atoms with van der Waals surface area (Å²) < 4.78 is 32.7. The Hall–Kier alpha value is -1.94. The Kier molecular flexibility index (Phi) is 5.91. The SMILES string of the molecule is CCS(=O)(=O)N1CCCC(Nc2nc3ccc(Oc4ccnc(Cl)c4)cc3s2)C1. The summed E-state index contributed by atoms with van der Waals surface area (Å²) in [7, 11) is -3.16. The molecule has 0 amide bonds. The van der Waals surface area contributed by atoms with Crippen LogP contribution in [0, 0.1) is 0 Å². The first kappa shape index (κ1) is 20.3. The van der Waals surface area contributed by atoms with Gasteiger partial charge in [0.05, 0.1) is 16.0 Å². The number of aromatic nitrogens is 2. The molecule has 0 radical (unpaired) electrons. The molecule has 0 spiro atoms. The smallest absolute Gasteiger partial charge is 0.213 e. The molecule has 1 saturated heterocycles. The van der Waals surface area contributed by atoms with Gasteiger partial charge < -0.3 is 10.1 Å². The van der Waals surface area contributed by atoms with Gasteiger partial charge in [-0.2, -0.15) is 4.31 Å². The molecule has 1 aromatic carbocycles. The summed E-state index contributed by atoms with van der Waals surface area (Å²) in [6, 6.07) is 9.15. The van der Waals surface area contributed by atoms with Crippen LogP contribution in [0.15, 0.2) is 36.5 Å². The van der Waals surface area contributed by atoms with Crippen molar-refractivity contribution in [3.63, 3.8) is 0 Å². The molecule has 0 aliphatic carbocycles. The van der Waals surface area contributed by atoms with E-state index in [1.165, 1.54) is 11.3 Å². The summed E-state index contributed by atoms with van der Waals surface area (Å²) in [6.45, 7) is 2.75. The number of nitrogens with zero attached hydrogens (tertiary/aromatic N) is 3. The van der Waals surface area contributed by atoms with E-state index >= 15 is 0 Å². The molecule has 1 N–H and O–H groups in total. The topological polar surface area (TPSA) is 84.4 Å². The molecular weight excluding hydrogens is 432 g/mol. The number of rotatable bonds is 6. The summed E-state index contributed by atoms with van der Waals surface area (Å²) in [6.07, 6.45) is 3.36. The van der Waals surface area contributed by atoms with Gasteiger partial charge in [0.25, 0.3) is 0 Å². The summed E-state index contributed by atoms with van der Waals surface area (Å²) in [5, 5.41) is 4.56. The average molecular weight is 453 g/mol. The van der Waals surface area contributed by atoms with Crippen LogP contribution in [0.25, 0.3) is 10.2 Å². The van der Waals surface area contributed by atoms with Gasteiger partial charge in [-0.05, 0) is 38.0 Å². The van der Waals surface area contributed by atoms with E-state index in [0.29, 0.717) is 29.7 Å². The van der Waals surface area contributed by atoms with Crippen LogP contribution in [0.1, 0.15) is 19.8 Å². The Morgan fingerprint density at radius 3 is 2.93 bits per heavy atom. The molecule has 2 aromatic heterocycles. The molecule has 0 bridgehead atoms. The second-order valence-corrected chi connectivity index (χ2v) is 10.5. The predicted octanol–water partition coefficient (Wildman–Crippen LogP) is 4.36. The molecule has 3 heterocycles. The van der Waals surface area contributed by atoms with E-state index in [0.717, 1.165) is 28.2 Å². The van der Waals surface area contributed by atoms with Crippen LogP contribution in [0.2, 0.25) is 5.15 Å². The maximum Gasteiger partial charge on any atom is 0.213 e. The van der Waals surface area contributed by atoms with Crippen molar-refractivity contribution in [1.29, 1.82) is 0 Å². The number of ether oxygens (including phenoxy) is 1. The highest BCUT2D eigenvalue weighted by Gasteiger charge is 2.28. The molecule has 4 rings (SSSR count). The van der Waals surface area contributed by atoms with Crippen molar-refractivity contribution in [2.75, 3.05) is 24.2 Å². The number of nitrogens with one attached hydrogen (secondary N) is 1. The van der Waals surface area contributed by atoms with Gasteiger partial charge in [0, 0.05) is 37.5 Å². The van der Waals surface area contributed by atoms with E-state index < -0.39 is 10.0 Å². The Balaban J connectivity index is 1.47. The van der Waals surface area contributed by atoms with E-state index in [1.54, 1.807) is 29.6 Å². The maximum atomic E-state index is 12.2. The highest BCUT2D eigenvalue weighted by atomic mass is 35.5. The molecule has 7 nitrogen and oxygen atoms in total. The second-order valence-electron chi connectivity index (χ2n) is 6.81. The van der Waals surface area contributed by atoms with E-state index in [1.807, 2.05) is 18.2 Å². The summed E-state index contributed by atoms with van der Waals surface area (Å²) in [4.78, 5) is 8.57. The third-order valence-corrected chi connectivity index (χ3v) is 7.77. The lowest BCUT2D eigenvalue weighted by atomic mass is 10.1. The molecule has 10 heteroatoms. The number of piperidine rings is 1. The van der Waals surface area contributed by atoms with Crippen LogP contribution in [-0.4, -0.2) is 47.6 Å². The molecule has 1 fully saturated rings. The molecular formula is C19H21ClN4O3S2. The zero-order valence-electron chi connectivity index (χ0n) is 15.8.